The van der Waals surface area contributed by atoms with Crippen molar-refractivity contribution in [3.63, 3.8) is 0 Å². The second-order valence-electron chi connectivity index (χ2n) is 3.06. The van der Waals surface area contributed by atoms with Gasteiger partial charge in [-0.05, 0) is 40.6 Å². The maximum atomic E-state index is 11.4. The number of ketones is 1. The molecule has 0 atom stereocenters. The van der Waals surface area contributed by atoms with Gasteiger partial charge in [-0.1, -0.05) is 25.1 Å². The zero-order chi connectivity index (χ0) is 9.68. The smallest absolute Gasteiger partial charge is 0.137 e. The van der Waals surface area contributed by atoms with Gasteiger partial charge in [0.25, 0.3) is 0 Å². The van der Waals surface area contributed by atoms with Crippen LogP contribution in [0.15, 0.2) is 24.3 Å². The minimum absolute atomic E-state index is 0.339. The minimum atomic E-state index is 0.339. The average Bonchev–Trinajstić information content (AvgIpc) is 2.09. The molecular weight excluding hydrogens is 275 g/mol. The highest BCUT2D eigenvalue weighted by Gasteiger charge is 2.04. The van der Waals surface area contributed by atoms with Crippen molar-refractivity contribution in [3.05, 3.63) is 33.4 Å². The van der Waals surface area contributed by atoms with Gasteiger partial charge in [-0.25, -0.2) is 0 Å². The Kier molecular flexibility index (Phi) is 4.42. The van der Waals surface area contributed by atoms with Crippen molar-refractivity contribution in [2.45, 2.75) is 26.2 Å². The molecule has 0 saturated heterocycles. The highest BCUT2D eigenvalue weighted by atomic mass is 127. The fraction of sp³-hybridized carbons (Fsp3) is 0.364. The topological polar surface area (TPSA) is 17.1 Å². The van der Waals surface area contributed by atoms with E-state index >= 15 is 0 Å². The molecule has 0 heterocycles. The summed E-state index contributed by atoms with van der Waals surface area (Å²) in [5, 5.41) is 0. The lowest BCUT2D eigenvalue weighted by Gasteiger charge is -2.02. The molecule has 0 unspecified atom stereocenters. The molecule has 0 aliphatic carbocycles. The third-order valence-electron chi connectivity index (χ3n) is 1.87. The Morgan fingerprint density at radius 2 is 2.08 bits per heavy atom. The summed E-state index contributed by atoms with van der Waals surface area (Å²) in [4.78, 5) is 11.4. The van der Waals surface area contributed by atoms with Crippen LogP contribution in [0.1, 0.15) is 25.3 Å². The number of halogens is 1. The maximum absolute atomic E-state index is 11.4. The average molecular weight is 288 g/mol. The molecule has 0 radical (unpaired) electrons. The molecule has 1 aromatic rings. The third kappa shape index (κ3) is 3.46. The maximum Gasteiger partial charge on any atom is 0.137 e. The number of Topliss-reactive ketones (excluding diaryl/α,β-unsaturated/α-hetero) is 1. The highest BCUT2D eigenvalue weighted by molar-refractivity contribution is 14.1. The van der Waals surface area contributed by atoms with Crippen molar-refractivity contribution >= 4 is 28.4 Å². The number of benzene rings is 1. The standard InChI is InChI=1S/C11H13IO/c1-2-5-10(13)8-9-6-3-4-7-11(9)12/h3-4,6-7H,2,5,8H2,1H3. The van der Waals surface area contributed by atoms with Crippen LogP contribution in [0.25, 0.3) is 0 Å². The minimum Gasteiger partial charge on any atom is -0.299 e. The molecule has 0 amide bonds. The van der Waals surface area contributed by atoms with Crippen LogP contribution in [0.2, 0.25) is 0 Å². The van der Waals surface area contributed by atoms with Gasteiger partial charge in [-0.2, -0.15) is 0 Å². The fourth-order valence-electron chi connectivity index (χ4n) is 1.22. The van der Waals surface area contributed by atoms with Crippen LogP contribution < -0.4 is 0 Å². The van der Waals surface area contributed by atoms with E-state index in [-0.39, 0.29) is 0 Å². The second-order valence-corrected chi connectivity index (χ2v) is 4.22. The number of rotatable bonds is 4. The Balaban J connectivity index is 2.63. The van der Waals surface area contributed by atoms with Gasteiger partial charge >= 0.3 is 0 Å². The molecule has 0 bridgehead atoms. The van der Waals surface area contributed by atoms with Crippen molar-refractivity contribution in [2.75, 3.05) is 0 Å². The predicted molar refractivity (Wildman–Crippen MR) is 62.8 cm³/mol. The van der Waals surface area contributed by atoms with Gasteiger partial charge in [0.15, 0.2) is 0 Å². The Morgan fingerprint density at radius 1 is 1.38 bits per heavy atom. The van der Waals surface area contributed by atoms with Crippen LogP contribution in [-0.4, -0.2) is 5.78 Å². The van der Waals surface area contributed by atoms with E-state index < -0.39 is 0 Å². The van der Waals surface area contributed by atoms with Crippen LogP contribution >= 0.6 is 22.6 Å². The van der Waals surface area contributed by atoms with Crippen LogP contribution in [0, 0.1) is 3.57 Å². The quantitative estimate of drug-likeness (QED) is 0.778. The molecule has 0 saturated carbocycles. The van der Waals surface area contributed by atoms with E-state index in [1.165, 1.54) is 3.57 Å². The van der Waals surface area contributed by atoms with E-state index in [1.54, 1.807) is 0 Å². The first kappa shape index (κ1) is 10.7. The van der Waals surface area contributed by atoms with E-state index in [9.17, 15) is 4.79 Å². The summed E-state index contributed by atoms with van der Waals surface area (Å²) in [6.07, 6.45) is 2.24. The summed E-state index contributed by atoms with van der Waals surface area (Å²) >= 11 is 2.27. The second kappa shape index (κ2) is 5.37. The van der Waals surface area contributed by atoms with Gasteiger partial charge < -0.3 is 0 Å². The van der Waals surface area contributed by atoms with Gasteiger partial charge in [0, 0.05) is 16.4 Å². The Hall–Kier alpha value is -0.380. The lowest BCUT2D eigenvalue weighted by atomic mass is 10.1. The molecule has 1 aromatic carbocycles. The van der Waals surface area contributed by atoms with Gasteiger partial charge in [0.05, 0.1) is 0 Å². The van der Waals surface area contributed by atoms with Gasteiger partial charge in [0.2, 0.25) is 0 Å². The molecule has 0 N–H and O–H groups in total. The van der Waals surface area contributed by atoms with E-state index in [2.05, 4.69) is 22.6 Å². The van der Waals surface area contributed by atoms with Crippen molar-refractivity contribution in [2.24, 2.45) is 0 Å². The summed E-state index contributed by atoms with van der Waals surface area (Å²) in [5.41, 5.74) is 1.15. The van der Waals surface area contributed by atoms with Crippen molar-refractivity contribution in [3.8, 4) is 0 Å². The molecule has 13 heavy (non-hydrogen) atoms. The molecule has 0 aliphatic heterocycles. The number of hydrogen-bond acceptors (Lipinski definition) is 1. The molecule has 70 valence electrons. The summed E-state index contributed by atoms with van der Waals surface area (Å²) in [6, 6.07) is 8.04. The van der Waals surface area contributed by atoms with Gasteiger partial charge in [-0.3, -0.25) is 4.79 Å². The van der Waals surface area contributed by atoms with Crippen molar-refractivity contribution < 1.29 is 4.79 Å². The summed E-state index contributed by atoms with van der Waals surface area (Å²) in [7, 11) is 0. The molecule has 0 aromatic heterocycles. The normalized spacial score (nSPS) is 10.0. The van der Waals surface area contributed by atoms with E-state index in [0.717, 1.165) is 12.0 Å². The first-order chi connectivity index (χ1) is 6.24. The number of carbonyl (C=O) groups excluding carboxylic acids is 1. The largest absolute Gasteiger partial charge is 0.299 e. The van der Waals surface area contributed by atoms with Gasteiger partial charge in [-0.15, -0.1) is 0 Å². The Labute approximate surface area is 92.7 Å². The van der Waals surface area contributed by atoms with Crippen LogP contribution in [0.4, 0.5) is 0 Å². The van der Waals surface area contributed by atoms with Crippen LogP contribution in [-0.2, 0) is 11.2 Å². The first-order valence-corrected chi connectivity index (χ1v) is 5.57. The van der Waals surface area contributed by atoms with Crippen LogP contribution in [0.5, 0.6) is 0 Å². The Morgan fingerprint density at radius 3 is 2.69 bits per heavy atom. The predicted octanol–water partition coefficient (Wildman–Crippen LogP) is 3.20. The van der Waals surface area contributed by atoms with Gasteiger partial charge in [0.1, 0.15) is 5.78 Å². The van der Waals surface area contributed by atoms with E-state index in [1.807, 2.05) is 31.2 Å². The molecular formula is C11H13IO. The SMILES string of the molecule is CCCC(=O)Cc1ccccc1I. The highest BCUT2D eigenvalue weighted by Crippen LogP contribution is 2.13. The molecule has 0 fully saturated rings. The zero-order valence-corrected chi connectivity index (χ0v) is 9.87. The summed E-state index contributed by atoms with van der Waals surface area (Å²) in [6.45, 7) is 2.04. The summed E-state index contributed by atoms with van der Waals surface area (Å²) < 4.78 is 1.18. The van der Waals surface area contributed by atoms with E-state index in [0.29, 0.717) is 18.6 Å². The van der Waals surface area contributed by atoms with Crippen LogP contribution in [0.3, 0.4) is 0 Å². The molecule has 0 spiro atoms. The number of carbonyl (C=O) groups is 1. The molecule has 1 rings (SSSR count). The third-order valence-corrected chi connectivity index (χ3v) is 2.93. The lowest BCUT2D eigenvalue weighted by molar-refractivity contribution is -0.118. The monoisotopic (exact) mass is 288 g/mol. The molecule has 1 nitrogen and oxygen atoms in total. The zero-order valence-electron chi connectivity index (χ0n) is 7.72. The van der Waals surface area contributed by atoms with Crippen molar-refractivity contribution in [1.82, 2.24) is 0 Å². The first-order valence-electron chi connectivity index (χ1n) is 4.49. The van der Waals surface area contributed by atoms with Crippen molar-refractivity contribution in [1.29, 1.82) is 0 Å². The summed E-state index contributed by atoms with van der Waals surface area (Å²) in [5.74, 6) is 0.339. The molecule has 2 heteroatoms. The molecule has 0 aliphatic rings. The lowest BCUT2D eigenvalue weighted by Crippen LogP contribution is -2.02. The number of hydrogen-bond donors (Lipinski definition) is 0. The van der Waals surface area contributed by atoms with E-state index in [4.69, 9.17) is 0 Å². The Bertz CT molecular complexity index is 294. The fourth-order valence-corrected chi connectivity index (χ4v) is 1.80.